The number of amides is 1. The Labute approximate surface area is 140 Å². The minimum Gasteiger partial charge on any atom is -0.358 e. The third-order valence-corrected chi connectivity index (χ3v) is 4.40. The highest BCUT2D eigenvalue weighted by Crippen LogP contribution is 2.29. The number of nitrogens with one attached hydrogen (secondary N) is 2. The zero-order valence-electron chi connectivity index (χ0n) is 14.2. The van der Waals surface area contributed by atoms with Gasteiger partial charge in [-0.05, 0) is 31.9 Å². The van der Waals surface area contributed by atoms with Gasteiger partial charge in [0.25, 0.3) is 0 Å². The first-order chi connectivity index (χ1) is 11.2. The number of likely N-dealkylation sites (tertiary alicyclic amines) is 1. The number of hydrogen-bond acceptors (Lipinski definition) is 3. The van der Waals surface area contributed by atoms with Gasteiger partial charge >= 0.3 is 6.18 Å². The van der Waals surface area contributed by atoms with Gasteiger partial charge in [-0.2, -0.15) is 13.2 Å². The molecule has 1 heterocycles. The summed E-state index contributed by atoms with van der Waals surface area (Å²) in [6, 6.07) is 5.43. The van der Waals surface area contributed by atoms with Gasteiger partial charge in [0.05, 0.1) is 11.6 Å². The van der Waals surface area contributed by atoms with Crippen LogP contribution in [0.3, 0.4) is 0 Å². The van der Waals surface area contributed by atoms with Gasteiger partial charge in [0.15, 0.2) is 0 Å². The minimum absolute atomic E-state index is 0.0212. The molecule has 0 bridgehead atoms. The summed E-state index contributed by atoms with van der Waals surface area (Å²) in [7, 11) is 1.62. The zero-order valence-corrected chi connectivity index (χ0v) is 14.2. The molecule has 2 N–H and O–H groups in total. The molecule has 4 nitrogen and oxygen atoms in total. The molecule has 134 valence electrons. The van der Waals surface area contributed by atoms with Gasteiger partial charge in [0.2, 0.25) is 5.91 Å². The van der Waals surface area contributed by atoms with Crippen LogP contribution in [0.2, 0.25) is 0 Å². The van der Waals surface area contributed by atoms with Gasteiger partial charge in [0, 0.05) is 32.2 Å². The van der Waals surface area contributed by atoms with E-state index in [1.54, 1.807) is 13.1 Å². The third-order valence-electron chi connectivity index (χ3n) is 4.40. The van der Waals surface area contributed by atoms with Gasteiger partial charge in [-0.15, -0.1) is 0 Å². The Hall–Kier alpha value is -1.60. The zero-order chi connectivity index (χ0) is 17.9. The van der Waals surface area contributed by atoms with E-state index in [9.17, 15) is 18.0 Å². The standard InChI is InChI=1S/C17H24F3N3O/c1-11(2)23-10-14(8-15(23)16(24)21-3)22-9-12-5-4-6-13(7-12)17(18,19)20/h4-7,11,14-15,22H,8-10H2,1-3H3,(H,21,24)/t14-,15-/m0/s1. The summed E-state index contributed by atoms with van der Waals surface area (Å²) in [6.07, 6.45) is -3.68. The van der Waals surface area contributed by atoms with E-state index in [4.69, 9.17) is 0 Å². The lowest BCUT2D eigenvalue weighted by molar-refractivity contribution is -0.137. The number of hydrogen-bond donors (Lipinski definition) is 2. The molecule has 2 atom stereocenters. The predicted octanol–water partition coefficient (Wildman–Crippen LogP) is 2.39. The van der Waals surface area contributed by atoms with E-state index < -0.39 is 11.7 Å². The number of rotatable bonds is 5. The molecule has 24 heavy (non-hydrogen) atoms. The Morgan fingerprint density at radius 3 is 2.67 bits per heavy atom. The Morgan fingerprint density at radius 1 is 1.38 bits per heavy atom. The molecule has 0 aliphatic carbocycles. The molecule has 1 fully saturated rings. The van der Waals surface area contributed by atoms with Crippen LogP contribution in [0.15, 0.2) is 24.3 Å². The number of nitrogens with zero attached hydrogens (tertiary/aromatic N) is 1. The van der Waals surface area contributed by atoms with Gasteiger partial charge in [-0.3, -0.25) is 9.69 Å². The van der Waals surface area contributed by atoms with Crippen molar-refractivity contribution in [3.05, 3.63) is 35.4 Å². The molecule has 0 aromatic heterocycles. The van der Waals surface area contributed by atoms with Crippen LogP contribution in [0.5, 0.6) is 0 Å². The second-order valence-corrected chi connectivity index (χ2v) is 6.43. The summed E-state index contributed by atoms with van der Waals surface area (Å²) in [4.78, 5) is 14.1. The van der Waals surface area contributed by atoms with Crippen molar-refractivity contribution in [2.75, 3.05) is 13.6 Å². The van der Waals surface area contributed by atoms with Gasteiger partial charge in [-0.25, -0.2) is 0 Å². The van der Waals surface area contributed by atoms with Crippen LogP contribution < -0.4 is 10.6 Å². The maximum atomic E-state index is 12.8. The molecule has 1 aliphatic rings. The lowest BCUT2D eigenvalue weighted by Crippen LogP contribution is -2.45. The lowest BCUT2D eigenvalue weighted by Gasteiger charge is -2.26. The maximum Gasteiger partial charge on any atom is 0.416 e. The molecule has 0 spiro atoms. The molecule has 7 heteroatoms. The molecule has 1 aromatic carbocycles. The fraction of sp³-hybridized carbons (Fsp3) is 0.588. The summed E-state index contributed by atoms with van der Waals surface area (Å²) in [5.41, 5.74) is -0.0513. The first-order valence-electron chi connectivity index (χ1n) is 8.09. The molecule has 0 saturated carbocycles. The average molecular weight is 343 g/mol. The smallest absolute Gasteiger partial charge is 0.358 e. The number of carbonyl (C=O) groups is 1. The second-order valence-electron chi connectivity index (χ2n) is 6.43. The topological polar surface area (TPSA) is 44.4 Å². The summed E-state index contributed by atoms with van der Waals surface area (Å²) < 4.78 is 38.3. The van der Waals surface area contributed by atoms with Crippen LogP contribution in [-0.2, 0) is 17.5 Å². The van der Waals surface area contributed by atoms with Crippen LogP contribution in [0.25, 0.3) is 0 Å². The van der Waals surface area contributed by atoms with E-state index in [1.165, 1.54) is 12.1 Å². The molecule has 1 amide bonds. The molecule has 1 aliphatic heterocycles. The highest BCUT2D eigenvalue weighted by molar-refractivity contribution is 5.81. The van der Waals surface area contributed by atoms with Crippen LogP contribution in [0.1, 0.15) is 31.4 Å². The molecule has 1 aromatic rings. The molecule has 0 radical (unpaired) electrons. The molecular weight excluding hydrogens is 319 g/mol. The van der Waals surface area contributed by atoms with Crippen LogP contribution in [-0.4, -0.2) is 42.5 Å². The number of carbonyl (C=O) groups excluding carboxylic acids is 1. The molecule has 1 saturated heterocycles. The Morgan fingerprint density at radius 2 is 2.08 bits per heavy atom. The van der Waals surface area contributed by atoms with E-state index in [0.29, 0.717) is 25.1 Å². The summed E-state index contributed by atoms with van der Waals surface area (Å²) in [5.74, 6) is -0.0212. The van der Waals surface area contributed by atoms with Gasteiger partial charge in [-0.1, -0.05) is 18.2 Å². The monoisotopic (exact) mass is 343 g/mol. The third kappa shape index (κ3) is 4.48. The number of halogens is 3. The van der Waals surface area contributed by atoms with Crippen molar-refractivity contribution in [2.24, 2.45) is 0 Å². The Balaban J connectivity index is 1.99. The normalized spacial score (nSPS) is 22.1. The van der Waals surface area contributed by atoms with E-state index in [1.807, 2.05) is 13.8 Å². The molecule has 0 unspecified atom stereocenters. The van der Waals surface area contributed by atoms with Crippen LogP contribution in [0, 0.1) is 0 Å². The molecule has 2 rings (SSSR count). The fourth-order valence-corrected chi connectivity index (χ4v) is 3.12. The van der Waals surface area contributed by atoms with Crippen molar-refractivity contribution in [1.29, 1.82) is 0 Å². The fourth-order valence-electron chi connectivity index (χ4n) is 3.12. The van der Waals surface area contributed by atoms with E-state index in [2.05, 4.69) is 15.5 Å². The maximum absolute atomic E-state index is 12.8. The predicted molar refractivity (Wildman–Crippen MR) is 86.4 cm³/mol. The second kappa shape index (κ2) is 7.53. The average Bonchev–Trinajstić information content (AvgIpc) is 2.96. The van der Waals surface area contributed by atoms with Crippen molar-refractivity contribution in [1.82, 2.24) is 15.5 Å². The molecular formula is C17H24F3N3O. The SMILES string of the molecule is CNC(=O)[C@@H]1C[C@H](NCc2cccc(C(F)(F)F)c2)CN1C(C)C. The van der Waals surface area contributed by atoms with Crippen molar-refractivity contribution in [3.8, 4) is 0 Å². The van der Waals surface area contributed by atoms with Crippen molar-refractivity contribution >= 4 is 5.91 Å². The quantitative estimate of drug-likeness (QED) is 0.863. The number of likely N-dealkylation sites (N-methyl/N-ethyl adjacent to an activating group) is 1. The van der Waals surface area contributed by atoms with Crippen molar-refractivity contribution < 1.29 is 18.0 Å². The number of benzene rings is 1. The van der Waals surface area contributed by atoms with E-state index in [0.717, 1.165) is 6.07 Å². The van der Waals surface area contributed by atoms with E-state index >= 15 is 0 Å². The highest BCUT2D eigenvalue weighted by atomic mass is 19.4. The summed E-state index contributed by atoms with van der Waals surface area (Å²) in [5, 5.41) is 5.96. The van der Waals surface area contributed by atoms with Gasteiger partial charge in [0.1, 0.15) is 0 Å². The Kier molecular flexibility index (Phi) is 5.87. The van der Waals surface area contributed by atoms with Crippen molar-refractivity contribution in [3.63, 3.8) is 0 Å². The van der Waals surface area contributed by atoms with Crippen LogP contribution in [0.4, 0.5) is 13.2 Å². The lowest BCUT2D eigenvalue weighted by atomic mass is 10.1. The first kappa shape index (κ1) is 18.7. The highest BCUT2D eigenvalue weighted by Gasteiger charge is 2.37. The Bertz CT molecular complexity index is 574. The van der Waals surface area contributed by atoms with Crippen LogP contribution >= 0.6 is 0 Å². The summed E-state index contributed by atoms with van der Waals surface area (Å²) >= 11 is 0. The van der Waals surface area contributed by atoms with E-state index in [-0.39, 0.29) is 24.0 Å². The number of alkyl halides is 3. The first-order valence-corrected chi connectivity index (χ1v) is 8.09. The minimum atomic E-state index is -4.33. The van der Waals surface area contributed by atoms with Crippen molar-refractivity contribution in [2.45, 2.75) is 51.1 Å². The summed E-state index contributed by atoms with van der Waals surface area (Å²) in [6.45, 7) is 5.12. The largest absolute Gasteiger partial charge is 0.416 e. The van der Waals surface area contributed by atoms with Gasteiger partial charge < -0.3 is 10.6 Å².